The summed E-state index contributed by atoms with van der Waals surface area (Å²) in [5.41, 5.74) is 2.20. The van der Waals surface area contributed by atoms with E-state index in [1.807, 2.05) is 51.1 Å². The Morgan fingerprint density at radius 3 is 2.25 bits per heavy atom. The minimum absolute atomic E-state index is 0.0771. The number of nitrogens with one attached hydrogen (secondary N) is 1. The zero-order valence-electron chi connectivity index (χ0n) is 17.9. The van der Waals surface area contributed by atoms with E-state index in [1.54, 1.807) is 11.6 Å². The summed E-state index contributed by atoms with van der Waals surface area (Å²) in [6, 6.07) is 9.57. The maximum Gasteiger partial charge on any atom is 0.342 e. The molecule has 2 rings (SSSR count). The second-order valence-electron chi connectivity index (χ2n) is 9.04. The van der Waals surface area contributed by atoms with Crippen molar-refractivity contribution < 1.29 is 14.3 Å². The number of hydrogen-bond donors (Lipinski definition) is 1. The van der Waals surface area contributed by atoms with Gasteiger partial charge in [0.15, 0.2) is 6.61 Å². The fraction of sp³-hybridized carbons (Fsp3) is 0.500. The number of nitrogens with zero attached hydrogens (tertiary/aromatic N) is 2. The molecule has 152 valence electrons. The number of carbonyl (C=O) groups excluding carboxylic acids is 2. The van der Waals surface area contributed by atoms with Gasteiger partial charge < -0.3 is 10.1 Å². The van der Waals surface area contributed by atoms with Crippen LogP contribution in [0.5, 0.6) is 0 Å². The molecule has 0 bridgehead atoms. The van der Waals surface area contributed by atoms with E-state index in [0.717, 1.165) is 12.1 Å². The SMILES string of the molecule is Cc1nn(-c2ccccc2)c(C)c1C(=O)OCC(=O)NC(C)(C)CC(C)(C)C. The highest BCUT2D eigenvalue weighted by molar-refractivity contribution is 5.93. The molecule has 0 atom stereocenters. The maximum atomic E-state index is 12.6. The molecule has 1 aromatic carbocycles. The molecule has 2 aromatic rings. The van der Waals surface area contributed by atoms with E-state index in [1.165, 1.54) is 0 Å². The van der Waals surface area contributed by atoms with Gasteiger partial charge in [0.1, 0.15) is 5.56 Å². The molecular weight excluding hydrogens is 354 g/mol. The van der Waals surface area contributed by atoms with E-state index in [2.05, 4.69) is 31.2 Å². The highest BCUT2D eigenvalue weighted by Gasteiger charge is 2.28. The molecule has 1 heterocycles. The molecule has 1 N–H and O–H groups in total. The summed E-state index contributed by atoms with van der Waals surface area (Å²) in [7, 11) is 0. The Balaban J connectivity index is 2.04. The molecular formula is C22H31N3O3. The molecule has 0 saturated heterocycles. The maximum absolute atomic E-state index is 12.6. The van der Waals surface area contributed by atoms with Crippen LogP contribution in [0, 0.1) is 19.3 Å². The fourth-order valence-corrected chi connectivity index (χ4v) is 3.75. The highest BCUT2D eigenvalue weighted by atomic mass is 16.5. The second kappa shape index (κ2) is 8.17. The molecule has 1 amide bonds. The van der Waals surface area contributed by atoms with Crippen molar-refractivity contribution in [3.05, 3.63) is 47.3 Å². The van der Waals surface area contributed by atoms with Gasteiger partial charge in [-0.15, -0.1) is 0 Å². The van der Waals surface area contributed by atoms with Gasteiger partial charge >= 0.3 is 5.97 Å². The van der Waals surface area contributed by atoms with Gasteiger partial charge in [0, 0.05) is 5.54 Å². The monoisotopic (exact) mass is 385 g/mol. The van der Waals surface area contributed by atoms with Gasteiger partial charge in [-0.2, -0.15) is 5.10 Å². The van der Waals surface area contributed by atoms with Gasteiger partial charge in [0.2, 0.25) is 0 Å². The van der Waals surface area contributed by atoms with Crippen molar-refractivity contribution >= 4 is 11.9 Å². The van der Waals surface area contributed by atoms with Crippen molar-refractivity contribution in [1.82, 2.24) is 15.1 Å². The van der Waals surface area contributed by atoms with E-state index >= 15 is 0 Å². The van der Waals surface area contributed by atoms with Gasteiger partial charge in [-0.25, -0.2) is 9.48 Å². The number of aryl methyl sites for hydroxylation is 1. The summed E-state index contributed by atoms with van der Waals surface area (Å²) >= 11 is 0. The van der Waals surface area contributed by atoms with Crippen molar-refractivity contribution in [2.75, 3.05) is 6.61 Å². The highest BCUT2D eigenvalue weighted by Crippen LogP contribution is 2.26. The lowest BCUT2D eigenvalue weighted by Crippen LogP contribution is -2.47. The van der Waals surface area contributed by atoms with Crippen LogP contribution in [0.4, 0.5) is 0 Å². The number of ether oxygens (including phenoxy) is 1. The van der Waals surface area contributed by atoms with Crippen LogP contribution in [0.3, 0.4) is 0 Å². The van der Waals surface area contributed by atoms with Gasteiger partial charge in [-0.3, -0.25) is 4.79 Å². The minimum atomic E-state index is -0.541. The number of benzene rings is 1. The van der Waals surface area contributed by atoms with E-state index in [4.69, 9.17) is 4.74 Å². The van der Waals surface area contributed by atoms with Crippen LogP contribution in [0.15, 0.2) is 30.3 Å². The summed E-state index contributed by atoms with van der Waals surface area (Å²) in [5.74, 6) is -0.852. The molecule has 1 aromatic heterocycles. The molecule has 0 aliphatic rings. The van der Waals surface area contributed by atoms with E-state index in [0.29, 0.717) is 17.0 Å². The van der Waals surface area contributed by atoms with E-state index in [9.17, 15) is 9.59 Å². The Bertz CT molecular complexity index is 846. The van der Waals surface area contributed by atoms with Crippen molar-refractivity contribution in [2.24, 2.45) is 5.41 Å². The number of carbonyl (C=O) groups is 2. The Hall–Kier alpha value is -2.63. The first kappa shape index (κ1) is 21.7. The molecule has 0 spiro atoms. The first-order chi connectivity index (χ1) is 12.9. The Kier molecular flexibility index (Phi) is 6.32. The zero-order valence-corrected chi connectivity index (χ0v) is 17.9. The molecule has 0 radical (unpaired) electrons. The Morgan fingerprint density at radius 2 is 1.68 bits per heavy atom. The van der Waals surface area contributed by atoms with Crippen LogP contribution >= 0.6 is 0 Å². The van der Waals surface area contributed by atoms with Crippen LogP contribution in [0.1, 0.15) is 62.8 Å². The largest absolute Gasteiger partial charge is 0.452 e. The third-order valence-electron chi connectivity index (χ3n) is 4.28. The lowest BCUT2D eigenvalue weighted by atomic mass is 9.82. The summed E-state index contributed by atoms with van der Waals surface area (Å²) in [4.78, 5) is 24.8. The average Bonchev–Trinajstić information content (AvgIpc) is 2.85. The van der Waals surface area contributed by atoms with Gasteiger partial charge in [0.05, 0.1) is 17.1 Å². The Labute approximate surface area is 167 Å². The van der Waals surface area contributed by atoms with Crippen molar-refractivity contribution in [3.63, 3.8) is 0 Å². The minimum Gasteiger partial charge on any atom is -0.452 e. The van der Waals surface area contributed by atoms with Gasteiger partial charge in [-0.05, 0) is 51.7 Å². The third kappa shape index (κ3) is 5.68. The van der Waals surface area contributed by atoms with Gasteiger partial charge in [-0.1, -0.05) is 39.0 Å². The summed E-state index contributed by atoms with van der Waals surface area (Å²) < 4.78 is 6.98. The number of esters is 1. The number of amides is 1. The predicted molar refractivity (Wildman–Crippen MR) is 110 cm³/mol. The lowest BCUT2D eigenvalue weighted by molar-refractivity contribution is -0.126. The number of hydrogen-bond acceptors (Lipinski definition) is 4. The van der Waals surface area contributed by atoms with Crippen LogP contribution < -0.4 is 5.32 Å². The molecule has 6 heteroatoms. The average molecular weight is 386 g/mol. The normalized spacial score (nSPS) is 12.0. The topological polar surface area (TPSA) is 73.2 Å². The quantitative estimate of drug-likeness (QED) is 0.764. The molecule has 0 aliphatic carbocycles. The third-order valence-corrected chi connectivity index (χ3v) is 4.28. The van der Waals surface area contributed by atoms with Crippen LogP contribution in [-0.2, 0) is 9.53 Å². The summed E-state index contributed by atoms with van der Waals surface area (Å²) in [5, 5.41) is 7.39. The molecule has 0 unspecified atom stereocenters. The second-order valence-corrected chi connectivity index (χ2v) is 9.04. The first-order valence-electron chi connectivity index (χ1n) is 9.49. The van der Waals surface area contributed by atoms with Crippen LogP contribution in [-0.4, -0.2) is 33.8 Å². The van der Waals surface area contributed by atoms with Gasteiger partial charge in [0.25, 0.3) is 5.91 Å². The summed E-state index contributed by atoms with van der Waals surface area (Å²) in [6.45, 7) is 13.6. The molecule has 0 saturated carbocycles. The molecule has 28 heavy (non-hydrogen) atoms. The van der Waals surface area contributed by atoms with Crippen molar-refractivity contribution in [2.45, 2.75) is 60.4 Å². The molecule has 0 fully saturated rings. The van der Waals surface area contributed by atoms with E-state index < -0.39 is 5.97 Å². The number of para-hydroxylation sites is 1. The molecule has 6 nitrogen and oxygen atoms in total. The van der Waals surface area contributed by atoms with Crippen LogP contribution in [0.2, 0.25) is 0 Å². The number of rotatable bonds is 6. The smallest absolute Gasteiger partial charge is 0.342 e. The van der Waals surface area contributed by atoms with Crippen molar-refractivity contribution in [3.8, 4) is 5.69 Å². The summed E-state index contributed by atoms with van der Waals surface area (Å²) in [6.07, 6.45) is 0.807. The standard InChI is InChI=1S/C22H31N3O3/c1-15-19(16(2)25(24-15)17-11-9-8-10-12-17)20(27)28-13-18(26)23-22(6,7)14-21(3,4)5/h8-12H,13-14H2,1-7H3,(H,23,26). The fourth-order valence-electron chi connectivity index (χ4n) is 3.75. The number of aromatic nitrogens is 2. The zero-order chi connectivity index (χ0) is 21.1. The van der Waals surface area contributed by atoms with E-state index in [-0.39, 0.29) is 23.5 Å². The molecule has 0 aliphatic heterocycles. The Morgan fingerprint density at radius 1 is 1.07 bits per heavy atom. The van der Waals surface area contributed by atoms with Crippen LogP contribution in [0.25, 0.3) is 5.69 Å². The lowest BCUT2D eigenvalue weighted by Gasteiger charge is -2.33. The first-order valence-corrected chi connectivity index (χ1v) is 9.49. The van der Waals surface area contributed by atoms with Crippen molar-refractivity contribution in [1.29, 1.82) is 0 Å². The predicted octanol–water partition coefficient (Wildman–Crippen LogP) is 3.98.